The van der Waals surface area contributed by atoms with Crippen LogP contribution in [0.25, 0.3) is 6.08 Å². The molecule has 7 heteroatoms. The summed E-state index contributed by atoms with van der Waals surface area (Å²) in [5, 5.41) is 4.82. The van der Waals surface area contributed by atoms with E-state index in [0.717, 1.165) is 15.7 Å². The third kappa shape index (κ3) is 3.05. The minimum atomic E-state index is -0.494. The number of carbonyl (C=O) groups excluding carboxylic acids is 2. The second-order valence-corrected chi connectivity index (χ2v) is 5.66. The molecule has 1 aromatic carbocycles. The molecule has 1 heterocycles. The molecule has 104 valence electrons. The molecule has 1 saturated heterocycles. The third-order valence-electron chi connectivity index (χ3n) is 2.71. The summed E-state index contributed by atoms with van der Waals surface area (Å²) in [6.07, 6.45) is 1.52. The lowest BCUT2D eigenvalue weighted by molar-refractivity contribution is -0.123. The van der Waals surface area contributed by atoms with Gasteiger partial charge in [-0.2, -0.15) is 0 Å². The van der Waals surface area contributed by atoms with E-state index in [1.807, 2.05) is 37.2 Å². The van der Waals surface area contributed by atoms with Gasteiger partial charge in [-0.25, -0.2) is 0 Å². The number of thiocarbonyl (C=S) groups is 1. The zero-order chi connectivity index (χ0) is 14.9. The first-order valence-corrected chi connectivity index (χ1v) is 6.94. The molecule has 0 saturated carbocycles. The van der Waals surface area contributed by atoms with Gasteiger partial charge in [0.05, 0.1) is 5.69 Å². The molecular formula is C13H12BrN3O2S. The van der Waals surface area contributed by atoms with Crippen molar-refractivity contribution in [2.75, 3.05) is 19.0 Å². The standard InChI is InChI=1S/C13H12BrN3O2S/c1-17(2)10-4-3-7(6-9(10)14)5-8-11(18)15-13(20)16-12(8)19/h3-6H,1-2H3,(H2,15,16,18,19,20). The van der Waals surface area contributed by atoms with Crippen molar-refractivity contribution in [2.45, 2.75) is 0 Å². The van der Waals surface area contributed by atoms with Gasteiger partial charge < -0.3 is 4.90 Å². The third-order valence-corrected chi connectivity index (χ3v) is 3.55. The van der Waals surface area contributed by atoms with Gasteiger partial charge in [0.15, 0.2) is 5.11 Å². The lowest BCUT2D eigenvalue weighted by Gasteiger charge is -2.17. The van der Waals surface area contributed by atoms with E-state index >= 15 is 0 Å². The highest BCUT2D eigenvalue weighted by Gasteiger charge is 2.25. The summed E-state index contributed by atoms with van der Waals surface area (Å²) in [5.74, 6) is -0.988. The van der Waals surface area contributed by atoms with Crippen LogP contribution >= 0.6 is 28.1 Å². The Morgan fingerprint density at radius 3 is 2.30 bits per heavy atom. The SMILES string of the molecule is CN(C)c1ccc(C=C2C(=O)NC(=S)NC2=O)cc1Br. The summed E-state index contributed by atoms with van der Waals surface area (Å²) in [6, 6.07) is 5.58. The van der Waals surface area contributed by atoms with Crippen molar-refractivity contribution in [3.8, 4) is 0 Å². The minimum Gasteiger partial charge on any atom is -0.377 e. The molecule has 1 fully saturated rings. The van der Waals surface area contributed by atoms with Crippen molar-refractivity contribution >= 4 is 56.8 Å². The van der Waals surface area contributed by atoms with Crippen LogP contribution in [0.15, 0.2) is 28.2 Å². The molecule has 1 aliphatic heterocycles. The van der Waals surface area contributed by atoms with Crippen LogP contribution in [0, 0.1) is 0 Å². The smallest absolute Gasteiger partial charge is 0.263 e. The Balaban J connectivity index is 2.35. The van der Waals surface area contributed by atoms with Gasteiger partial charge in [-0.15, -0.1) is 0 Å². The fraction of sp³-hybridized carbons (Fsp3) is 0.154. The molecule has 5 nitrogen and oxygen atoms in total. The van der Waals surface area contributed by atoms with Gasteiger partial charge in [0.1, 0.15) is 5.57 Å². The van der Waals surface area contributed by atoms with E-state index in [1.165, 1.54) is 6.08 Å². The number of halogens is 1. The maximum Gasteiger partial charge on any atom is 0.263 e. The maximum atomic E-state index is 11.7. The van der Waals surface area contributed by atoms with Crippen molar-refractivity contribution < 1.29 is 9.59 Å². The van der Waals surface area contributed by atoms with Gasteiger partial charge in [0.25, 0.3) is 11.8 Å². The normalized spacial score (nSPS) is 14.8. The number of nitrogens with one attached hydrogen (secondary N) is 2. The summed E-state index contributed by atoms with van der Waals surface area (Å²) in [5.41, 5.74) is 1.78. The van der Waals surface area contributed by atoms with Crippen LogP contribution in [0.1, 0.15) is 5.56 Å². The van der Waals surface area contributed by atoms with Crippen LogP contribution in [-0.4, -0.2) is 31.0 Å². The van der Waals surface area contributed by atoms with Crippen LogP contribution in [0.4, 0.5) is 5.69 Å². The zero-order valence-electron chi connectivity index (χ0n) is 10.9. The molecule has 0 aromatic heterocycles. The second kappa shape index (κ2) is 5.72. The predicted octanol–water partition coefficient (Wildman–Crippen LogP) is 1.43. The number of anilines is 1. The highest BCUT2D eigenvalue weighted by molar-refractivity contribution is 9.10. The number of amides is 2. The maximum absolute atomic E-state index is 11.7. The Morgan fingerprint density at radius 2 is 1.80 bits per heavy atom. The summed E-state index contributed by atoms with van der Waals surface area (Å²) in [7, 11) is 3.86. The van der Waals surface area contributed by atoms with E-state index in [1.54, 1.807) is 0 Å². The van der Waals surface area contributed by atoms with E-state index in [0.29, 0.717) is 0 Å². The minimum absolute atomic E-state index is 0.0290. The number of hydrogen-bond acceptors (Lipinski definition) is 4. The summed E-state index contributed by atoms with van der Waals surface area (Å²) in [4.78, 5) is 25.4. The highest BCUT2D eigenvalue weighted by atomic mass is 79.9. The first kappa shape index (κ1) is 14.7. The Bertz CT molecular complexity index is 619. The Kier molecular flexibility index (Phi) is 4.20. The van der Waals surface area contributed by atoms with Crippen LogP contribution in [0.2, 0.25) is 0 Å². The van der Waals surface area contributed by atoms with Crippen LogP contribution < -0.4 is 15.5 Å². The quantitative estimate of drug-likeness (QED) is 0.479. The summed E-state index contributed by atoms with van der Waals surface area (Å²) >= 11 is 8.20. The lowest BCUT2D eigenvalue weighted by atomic mass is 10.1. The van der Waals surface area contributed by atoms with Crippen molar-refractivity contribution in [1.29, 1.82) is 0 Å². The molecule has 2 N–H and O–H groups in total. The largest absolute Gasteiger partial charge is 0.377 e. The predicted molar refractivity (Wildman–Crippen MR) is 85.3 cm³/mol. The molecule has 0 atom stereocenters. The molecule has 0 bridgehead atoms. The van der Waals surface area contributed by atoms with Crippen molar-refractivity contribution in [3.63, 3.8) is 0 Å². The molecule has 1 aliphatic rings. The molecule has 0 unspecified atom stereocenters. The lowest BCUT2D eigenvalue weighted by Crippen LogP contribution is -2.51. The van der Waals surface area contributed by atoms with Crippen molar-refractivity contribution in [3.05, 3.63) is 33.8 Å². The monoisotopic (exact) mass is 353 g/mol. The molecule has 20 heavy (non-hydrogen) atoms. The van der Waals surface area contributed by atoms with E-state index in [-0.39, 0.29) is 10.7 Å². The van der Waals surface area contributed by atoms with Crippen LogP contribution in [-0.2, 0) is 9.59 Å². The molecule has 1 aromatic rings. The number of hydrogen-bond donors (Lipinski definition) is 2. The average Bonchev–Trinajstić information content (AvgIpc) is 2.33. The number of carbonyl (C=O) groups is 2. The summed E-state index contributed by atoms with van der Waals surface area (Å²) < 4.78 is 0.879. The molecule has 0 spiro atoms. The summed E-state index contributed by atoms with van der Waals surface area (Å²) in [6.45, 7) is 0. The second-order valence-electron chi connectivity index (χ2n) is 4.40. The highest BCUT2D eigenvalue weighted by Crippen LogP contribution is 2.26. The molecule has 0 radical (unpaired) electrons. The van der Waals surface area contributed by atoms with Gasteiger partial charge in [0.2, 0.25) is 0 Å². The molecule has 0 aliphatic carbocycles. The number of rotatable bonds is 2. The fourth-order valence-electron chi connectivity index (χ4n) is 1.75. The Morgan fingerprint density at radius 1 is 1.20 bits per heavy atom. The fourth-order valence-corrected chi connectivity index (χ4v) is 2.69. The zero-order valence-corrected chi connectivity index (χ0v) is 13.3. The number of nitrogens with zero attached hydrogens (tertiary/aromatic N) is 1. The topological polar surface area (TPSA) is 61.4 Å². The molecular weight excluding hydrogens is 342 g/mol. The van der Waals surface area contributed by atoms with E-state index in [9.17, 15) is 9.59 Å². The van der Waals surface area contributed by atoms with Crippen molar-refractivity contribution in [1.82, 2.24) is 10.6 Å². The van der Waals surface area contributed by atoms with Gasteiger partial charge in [-0.3, -0.25) is 20.2 Å². The van der Waals surface area contributed by atoms with E-state index < -0.39 is 11.8 Å². The Labute approximate surface area is 130 Å². The van der Waals surface area contributed by atoms with Gasteiger partial charge in [-0.1, -0.05) is 6.07 Å². The van der Waals surface area contributed by atoms with E-state index in [4.69, 9.17) is 12.2 Å². The van der Waals surface area contributed by atoms with Gasteiger partial charge in [0, 0.05) is 18.6 Å². The van der Waals surface area contributed by atoms with E-state index in [2.05, 4.69) is 26.6 Å². The first-order chi connectivity index (χ1) is 9.38. The van der Waals surface area contributed by atoms with Crippen LogP contribution in [0.3, 0.4) is 0 Å². The van der Waals surface area contributed by atoms with Crippen LogP contribution in [0.5, 0.6) is 0 Å². The number of benzene rings is 1. The van der Waals surface area contributed by atoms with Gasteiger partial charge in [-0.05, 0) is 51.9 Å². The van der Waals surface area contributed by atoms with Gasteiger partial charge >= 0.3 is 0 Å². The van der Waals surface area contributed by atoms with Crippen molar-refractivity contribution in [2.24, 2.45) is 0 Å². The average molecular weight is 354 g/mol. The molecule has 2 rings (SSSR count). The Hall–Kier alpha value is -1.73. The first-order valence-electron chi connectivity index (χ1n) is 5.73. The molecule has 2 amide bonds.